The number of carbonyl (C=O) groups is 1. The molecule has 0 saturated heterocycles. The summed E-state index contributed by atoms with van der Waals surface area (Å²) in [5.41, 5.74) is 0.688. The molecule has 1 nitrogen and oxygen atoms in total. The van der Waals surface area contributed by atoms with Gasteiger partial charge in [-0.3, -0.25) is 4.79 Å². The Morgan fingerprint density at radius 2 is 1.41 bits per heavy atom. The van der Waals surface area contributed by atoms with Gasteiger partial charge in [0.1, 0.15) is 0 Å². The van der Waals surface area contributed by atoms with Crippen molar-refractivity contribution in [1.82, 2.24) is 0 Å². The molecule has 0 unspecified atom stereocenters. The van der Waals surface area contributed by atoms with Gasteiger partial charge in [0.25, 0.3) is 0 Å². The van der Waals surface area contributed by atoms with Gasteiger partial charge in [0.15, 0.2) is 0 Å². The fraction of sp³-hybridized carbons (Fsp3) is 0.800. The Bertz CT molecular complexity index is 260. The van der Waals surface area contributed by atoms with Crippen LogP contribution in [0.15, 0.2) is 12.2 Å². The van der Waals surface area contributed by atoms with E-state index in [2.05, 4.69) is 13.5 Å². The van der Waals surface area contributed by atoms with Crippen LogP contribution in [0.1, 0.15) is 71.6 Å². The lowest BCUT2D eigenvalue weighted by Gasteiger charge is -2.29. The van der Waals surface area contributed by atoms with Crippen LogP contribution in [0, 0.1) is 0 Å². The molecule has 98 valence electrons. The van der Waals surface area contributed by atoms with E-state index in [1.165, 1.54) is 69.5 Å². The van der Waals surface area contributed by atoms with Crippen LogP contribution >= 0.6 is 11.8 Å². The van der Waals surface area contributed by atoms with Crippen LogP contribution in [-0.4, -0.2) is 9.86 Å². The average Bonchev–Trinajstić information content (AvgIpc) is 2.27. The van der Waals surface area contributed by atoms with Gasteiger partial charge < -0.3 is 0 Å². The van der Waals surface area contributed by atoms with E-state index in [9.17, 15) is 4.79 Å². The van der Waals surface area contributed by atoms with Crippen LogP contribution in [0.25, 0.3) is 0 Å². The van der Waals surface area contributed by atoms with E-state index in [0.29, 0.717) is 5.57 Å². The topological polar surface area (TPSA) is 17.1 Å². The predicted octanol–water partition coefficient (Wildman–Crippen LogP) is 5.11. The maximum atomic E-state index is 11.8. The molecular weight excluding hydrogens is 228 g/mol. The Labute approximate surface area is 110 Å². The zero-order valence-electron chi connectivity index (χ0n) is 11.4. The van der Waals surface area contributed by atoms with E-state index < -0.39 is 0 Å². The molecule has 1 fully saturated rings. The summed E-state index contributed by atoms with van der Waals surface area (Å²) in [5.74, 6) is 0. The first-order valence-electron chi connectivity index (χ1n) is 6.92. The summed E-state index contributed by atoms with van der Waals surface area (Å²) >= 11 is 1.53. The van der Waals surface area contributed by atoms with Crippen LogP contribution in [0.3, 0.4) is 0 Å². The van der Waals surface area contributed by atoms with Gasteiger partial charge in [-0.25, -0.2) is 0 Å². The molecule has 1 rings (SSSR count). The minimum Gasteiger partial charge on any atom is -0.282 e. The lowest BCUT2D eigenvalue weighted by atomic mass is 9.93. The van der Waals surface area contributed by atoms with Gasteiger partial charge in [0.2, 0.25) is 5.12 Å². The Balaban J connectivity index is 2.54. The van der Waals surface area contributed by atoms with Crippen molar-refractivity contribution in [3.8, 4) is 0 Å². The predicted molar refractivity (Wildman–Crippen MR) is 77.4 cm³/mol. The molecule has 1 saturated carbocycles. The smallest absolute Gasteiger partial charge is 0.214 e. The molecular formula is C15H26OS. The lowest BCUT2D eigenvalue weighted by molar-refractivity contribution is -0.107. The van der Waals surface area contributed by atoms with Gasteiger partial charge in [0.05, 0.1) is 0 Å². The normalized spacial score (nSPS) is 21.8. The standard InChI is InChI=1S/C15H26OS/c1-13(2)14(16)17-15(3)11-9-7-5-4-6-8-10-12-15/h1,4-12H2,2-3H3. The molecule has 0 aromatic carbocycles. The quantitative estimate of drug-likeness (QED) is 0.637. The molecule has 0 aliphatic heterocycles. The largest absolute Gasteiger partial charge is 0.282 e. The summed E-state index contributed by atoms with van der Waals surface area (Å²) in [5, 5.41) is 0.185. The SMILES string of the molecule is C=C(C)C(=O)SC1(C)CCCCCCCCC1. The second-order valence-electron chi connectivity index (χ2n) is 5.59. The monoisotopic (exact) mass is 254 g/mol. The van der Waals surface area contributed by atoms with Crippen molar-refractivity contribution in [2.75, 3.05) is 0 Å². The van der Waals surface area contributed by atoms with Crippen LogP contribution in [0.5, 0.6) is 0 Å². The summed E-state index contributed by atoms with van der Waals surface area (Å²) in [4.78, 5) is 11.8. The highest BCUT2D eigenvalue weighted by Gasteiger charge is 2.28. The first-order chi connectivity index (χ1) is 8.03. The van der Waals surface area contributed by atoms with Gasteiger partial charge in [0, 0.05) is 4.75 Å². The van der Waals surface area contributed by atoms with Crippen molar-refractivity contribution in [3.63, 3.8) is 0 Å². The molecule has 17 heavy (non-hydrogen) atoms. The highest BCUT2D eigenvalue weighted by atomic mass is 32.2. The summed E-state index contributed by atoms with van der Waals surface area (Å²) in [7, 11) is 0. The van der Waals surface area contributed by atoms with Crippen molar-refractivity contribution in [3.05, 3.63) is 12.2 Å². The van der Waals surface area contributed by atoms with Crippen molar-refractivity contribution in [2.24, 2.45) is 0 Å². The van der Waals surface area contributed by atoms with Gasteiger partial charge >= 0.3 is 0 Å². The van der Waals surface area contributed by atoms with E-state index in [1.807, 2.05) is 6.92 Å². The Kier molecular flexibility index (Phi) is 6.32. The van der Waals surface area contributed by atoms with Gasteiger partial charge in [-0.05, 0) is 32.3 Å². The zero-order valence-corrected chi connectivity index (χ0v) is 12.2. The molecule has 0 radical (unpaired) electrons. The molecule has 1 aliphatic carbocycles. The molecule has 0 amide bonds. The Morgan fingerprint density at radius 3 is 1.82 bits per heavy atom. The molecule has 0 bridgehead atoms. The van der Waals surface area contributed by atoms with Crippen molar-refractivity contribution in [1.29, 1.82) is 0 Å². The Hall–Kier alpha value is -0.240. The average molecular weight is 254 g/mol. The molecule has 0 atom stereocenters. The summed E-state index contributed by atoms with van der Waals surface area (Å²) < 4.78 is 0.146. The minimum absolute atomic E-state index is 0.146. The molecule has 0 N–H and O–H groups in total. The maximum Gasteiger partial charge on any atom is 0.214 e. The maximum absolute atomic E-state index is 11.8. The van der Waals surface area contributed by atoms with Crippen LogP contribution in [0.4, 0.5) is 0 Å². The third-order valence-electron chi connectivity index (χ3n) is 3.60. The van der Waals surface area contributed by atoms with Gasteiger partial charge in [-0.1, -0.05) is 63.3 Å². The van der Waals surface area contributed by atoms with E-state index in [-0.39, 0.29) is 9.86 Å². The number of carbonyl (C=O) groups excluding carboxylic acids is 1. The van der Waals surface area contributed by atoms with Crippen LogP contribution in [0.2, 0.25) is 0 Å². The van der Waals surface area contributed by atoms with Crippen LogP contribution in [-0.2, 0) is 4.79 Å². The number of hydrogen-bond acceptors (Lipinski definition) is 2. The minimum atomic E-state index is 0.146. The first-order valence-corrected chi connectivity index (χ1v) is 7.74. The number of thioether (sulfide) groups is 1. The highest BCUT2D eigenvalue weighted by molar-refractivity contribution is 8.15. The molecule has 1 aliphatic rings. The van der Waals surface area contributed by atoms with E-state index >= 15 is 0 Å². The van der Waals surface area contributed by atoms with Gasteiger partial charge in [-0.15, -0.1) is 0 Å². The van der Waals surface area contributed by atoms with Crippen molar-refractivity contribution in [2.45, 2.75) is 76.4 Å². The fourth-order valence-electron chi connectivity index (χ4n) is 2.42. The highest BCUT2D eigenvalue weighted by Crippen LogP contribution is 2.38. The summed E-state index contributed by atoms with van der Waals surface area (Å²) in [6, 6.07) is 0. The van der Waals surface area contributed by atoms with Crippen LogP contribution < -0.4 is 0 Å². The molecule has 0 spiro atoms. The lowest BCUT2D eigenvalue weighted by Crippen LogP contribution is -2.23. The van der Waals surface area contributed by atoms with Crippen molar-refractivity contribution >= 4 is 16.9 Å². The molecule has 0 aromatic rings. The number of rotatable bonds is 2. The zero-order chi connectivity index (χ0) is 12.7. The molecule has 0 aromatic heterocycles. The summed E-state index contributed by atoms with van der Waals surface area (Å²) in [6.07, 6.45) is 11.7. The first kappa shape index (κ1) is 14.8. The second-order valence-corrected chi connectivity index (χ2v) is 7.16. The third kappa shape index (κ3) is 5.76. The van der Waals surface area contributed by atoms with E-state index in [4.69, 9.17) is 0 Å². The molecule has 2 heteroatoms. The Morgan fingerprint density at radius 1 is 1.00 bits per heavy atom. The van der Waals surface area contributed by atoms with Crippen molar-refractivity contribution < 1.29 is 4.79 Å². The van der Waals surface area contributed by atoms with Gasteiger partial charge in [-0.2, -0.15) is 0 Å². The third-order valence-corrected chi connectivity index (χ3v) is 5.03. The number of hydrogen-bond donors (Lipinski definition) is 0. The summed E-state index contributed by atoms with van der Waals surface area (Å²) in [6.45, 7) is 7.84. The fourth-order valence-corrected chi connectivity index (χ4v) is 3.53. The van der Waals surface area contributed by atoms with E-state index in [1.54, 1.807) is 0 Å². The second kappa shape index (κ2) is 7.25. The van der Waals surface area contributed by atoms with E-state index in [0.717, 1.165) is 0 Å². The molecule has 0 heterocycles.